The van der Waals surface area contributed by atoms with Gasteiger partial charge in [0.1, 0.15) is 17.5 Å². The predicted molar refractivity (Wildman–Crippen MR) is 170 cm³/mol. The van der Waals surface area contributed by atoms with Gasteiger partial charge in [-0.15, -0.1) is 0 Å². The van der Waals surface area contributed by atoms with Gasteiger partial charge in [-0.25, -0.2) is 9.78 Å². The van der Waals surface area contributed by atoms with Gasteiger partial charge in [0, 0.05) is 18.5 Å². The maximum Gasteiger partial charge on any atom is 0.428 e. The summed E-state index contributed by atoms with van der Waals surface area (Å²) in [4.78, 5) is 60.4. The van der Waals surface area contributed by atoms with E-state index in [2.05, 4.69) is 15.3 Å². The predicted octanol–water partition coefficient (Wildman–Crippen LogP) is 6.10. The van der Waals surface area contributed by atoms with Crippen molar-refractivity contribution in [3.8, 4) is 5.75 Å². The number of H-pyrrole nitrogens is 1. The second-order valence-corrected chi connectivity index (χ2v) is 14.2. The summed E-state index contributed by atoms with van der Waals surface area (Å²) in [6.45, 7) is 8.71. The number of ether oxygens (including phenoxy) is 2. The molecule has 13 heteroatoms. The van der Waals surface area contributed by atoms with Crippen LogP contribution < -0.4 is 15.6 Å². The second-order valence-electron chi connectivity index (χ2n) is 14.2. The van der Waals surface area contributed by atoms with E-state index in [-0.39, 0.29) is 42.9 Å². The van der Waals surface area contributed by atoms with Crippen LogP contribution in [0.5, 0.6) is 5.75 Å². The number of likely N-dealkylation sites (tertiary alicyclic amines) is 1. The number of aromatic nitrogens is 2. The Labute approximate surface area is 273 Å². The van der Waals surface area contributed by atoms with Crippen LogP contribution in [0.1, 0.15) is 91.7 Å². The molecular weight excluding hydrogens is 617 g/mol. The van der Waals surface area contributed by atoms with Crippen molar-refractivity contribution in [2.75, 3.05) is 13.7 Å². The van der Waals surface area contributed by atoms with E-state index in [1.165, 1.54) is 18.9 Å². The molecule has 1 aliphatic carbocycles. The Kier molecular flexibility index (Phi) is 11.0. The van der Waals surface area contributed by atoms with Crippen LogP contribution in [-0.4, -0.2) is 70.2 Å². The lowest BCUT2D eigenvalue weighted by molar-refractivity contribution is -0.271. The molecule has 2 fully saturated rings. The number of ketones is 1. The Balaban J connectivity index is 1.39. The minimum absolute atomic E-state index is 0.0640. The molecule has 1 aromatic heterocycles. The molecule has 260 valence electrons. The normalized spacial score (nSPS) is 23.9. The van der Waals surface area contributed by atoms with Gasteiger partial charge >= 0.3 is 12.3 Å². The monoisotopic (exact) mass is 664 g/mol. The van der Waals surface area contributed by atoms with Crippen molar-refractivity contribution in [1.29, 1.82) is 0 Å². The Hall–Kier alpha value is -3.64. The van der Waals surface area contributed by atoms with Gasteiger partial charge in [-0.05, 0) is 75.3 Å². The van der Waals surface area contributed by atoms with Crippen molar-refractivity contribution in [3.63, 3.8) is 0 Å². The first-order valence-corrected chi connectivity index (χ1v) is 16.4. The van der Waals surface area contributed by atoms with Crippen molar-refractivity contribution in [1.82, 2.24) is 20.2 Å². The van der Waals surface area contributed by atoms with E-state index < -0.39 is 47.2 Å². The van der Waals surface area contributed by atoms with Crippen molar-refractivity contribution in [2.24, 2.45) is 17.3 Å². The summed E-state index contributed by atoms with van der Waals surface area (Å²) in [6.07, 6.45) is -3.27. The fourth-order valence-electron chi connectivity index (χ4n) is 7.19. The molecule has 2 aromatic rings. The second kappa shape index (κ2) is 14.2. The zero-order chi connectivity index (χ0) is 34.7. The summed E-state index contributed by atoms with van der Waals surface area (Å²) >= 11 is 0. The van der Waals surface area contributed by atoms with Crippen LogP contribution in [0.25, 0.3) is 11.0 Å². The van der Waals surface area contributed by atoms with Crippen molar-refractivity contribution >= 4 is 28.8 Å². The molecule has 1 aliphatic heterocycles. The van der Waals surface area contributed by atoms with E-state index in [9.17, 15) is 32.3 Å². The fourth-order valence-corrected chi connectivity index (χ4v) is 7.19. The van der Waals surface area contributed by atoms with Crippen LogP contribution in [0.4, 0.5) is 18.0 Å². The van der Waals surface area contributed by atoms with E-state index in [0.717, 1.165) is 0 Å². The number of aryl methyl sites for hydroxylation is 1. The van der Waals surface area contributed by atoms with Gasteiger partial charge in [0.2, 0.25) is 11.5 Å². The number of alkyl halides is 3. The van der Waals surface area contributed by atoms with Gasteiger partial charge in [0.05, 0.1) is 24.2 Å². The highest BCUT2D eigenvalue weighted by Crippen LogP contribution is 2.51. The van der Waals surface area contributed by atoms with E-state index in [4.69, 9.17) is 9.47 Å². The van der Waals surface area contributed by atoms with Gasteiger partial charge in [0.15, 0.2) is 5.78 Å². The molecule has 0 bridgehead atoms. The summed E-state index contributed by atoms with van der Waals surface area (Å²) < 4.78 is 54.7. The summed E-state index contributed by atoms with van der Waals surface area (Å²) in [7, 11) is 1.53. The van der Waals surface area contributed by atoms with Gasteiger partial charge in [-0.3, -0.25) is 14.4 Å². The Morgan fingerprint density at radius 1 is 1.15 bits per heavy atom. The minimum atomic E-state index is -4.82. The third-order valence-electron chi connectivity index (χ3n) is 9.73. The number of hydrogen-bond donors (Lipinski definition) is 2. The minimum Gasteiger partial charge on any atom is -0.497 e. The highest BCUT2D eigenvalue weighted by atomic mass is 19.4. The molecule has 1 saturated heterocycles. The summed E-state index contributed by atoms with van der Waals surface area (Å²) in [5.41, 5.74) is -2.34. The number of benzene rings is 1. The molecule has 10 nitrogen and oxygen atoms in total. The third kappa shape index (κ3) is 7.92. The maximum atomic E-state index is 14.7. The SMILES string of the molecule is COc1ccc2nc(CCCCC[C@@H]3CCC[C@]3(OC(=O)N[C@H](C(=O)N3CC[C@@H](C)[C@H]3C(C)=O)C(C)(C)C)C(F)(F)F)c(=O)[nH]c2c1. The van der Waals surface area contributed by atoms with E-state index in [0.29, 0.717) is 61.1 Å². The molecule has 2 N–H and O–H groups in total. The molecule has 2 heterocycles. The smallest absolute Gasteiger partial charge is 0.428 e. The number of alkyl carbamates (subject to hydrolysis) is 1. The number of rotatable bonds is 11. The molecule has 5 atom stereocenters. The molecular formula is C34H47F3N4O6. The first kappa shape index (κ1) is 36.2. The van der Waals surface area contributed by atoms with Crippen LogP contribution in [0, 0.1) is 17.3 Å². The summed E-state index contributed by atoms with van der Waals surface area (Å²) in [6, 6.07) is 3.33. The van der Waals surface area contributed by atoms with E-state index in [1.54, 1.807) is 39.0 Å². The molecule has 1 saturated carbocycles. The van der Waals surface area contributed by atoms with E-state index >= 15 is 0 Å². The first-order chi connectivity index (χ1) is 22.0. The molecule has 0 radical (unpaired) electrons. The Morgan fingerprint density at radius 2 is 1.87 bits per heavy atom. The zero-order valence-electron chi connectivity index (χ0n) is 28.1. The molecule has 2 aliphatic rings. The topological polar surface area (TPSA) is 131 Å². The van der Waals surface area contributed by atoms with Crippen molar-refractivity contribution in [3.05, 3.63) is 34.2 Å². The van der Waals surface area contributed by atoms with E-state index in [1.807, 2.05) is 6.92 Å². The number of Topliss-reactive ketones (excluding diaryl/α,β-unsaturated/α-hetero) is 1. The van der Waals surface area contributed by atoms with Crippen LogP contribution in [0.15, 0.2) is 23.0 Å². The van der Waals surface area contributed by atoms with Gasteiger partial charge in [-0.2, -0.15) is 13.2 Å². The van der Waals surface area contributed by atoms with Crippen LogP contribution in [0.2, 0.25) is 0 Å². The van der Waals surface area contributed by atoms with Crippen molar-refractivity contribution in [2.45, 2.75) is 116 Å². The lowest BCUT2D eigenvalue weighted by Crippen LogP contribution is -2.59. The Morgan fingerprint density at radius 3 is 2.51 bits per heavy atom. The lowest BCUT2D eigenvalue weighted by atomic mass is 9.85. The quantitative estimate of drug-likeness (QED) is 0.278. The lowest BCUT2D eigenvalue weighted by Gasteiger charge is -2.39. The number of hydrogen-bond acceptors (Lipinski definition) is 7. The molecule has 1 aromatic carbocycles. The van der Waals surface area contributed by atoms with Crippen molar-refractivity contribution < 1.29 is 37.0 Å². The summed E-state index contributed by atoms with van der Waals surface area (Å²) in [5.74, 6) is -1.11. The average molecular weight is 665 g/mol. The number of carbonyl (C=O) groups is 3. The van der Waals surface area contributed by atoms with Crippen LogP contribution in [-0.2, 0) is 20.7 Å². The molecule has 47 heavy (non-hydrogen) atoms. The fraction of sp³-hybridized carbons (Fsp3) is 0.676. The highest BCUT2D eigenvalue weighted by Gasteiger charge is 2.64. The number of carbonyl (C=O) groups excluding carboxylic acids is 3. The average Bonchev–Trinajstić information content (AvgIpc) is 3.58. The van der Waals surface area contributed by atoms with Gasteiger partial charge in [-0.1, -0.05) is 40.5 Å². The Bertz CT molecular complexity index is 1520. The highest BCUT2D eigenvalue weighted by molar-refractivity contribution is 5.92. The zero-order valence-corrected chi connectivity index (χ0v) is 28.1. The molecule has 4 rings (SSSR count). The number of methoxy groups -OCH3 is 1. The molecule has 0 spiro atoms. The molecule has 2 amide bonds. The molecule has 0 unspecified atom stereocenters. The number of nitrogens with zero attached hydrogens (tertiary/aromatic N) is 2. The van der Waals surface area contributed by atoms with Gasteiger partial charge < -0.3 is 24.7 Å². The number of aromatic amines is 1. The van der Waals surface area contributed by atoms with Crippen LogP contribution in [0.3, 0.4) is 0 Å². The first-order valence-electron chi connectivity index (χ1n) is 16.4. The number of fused-ring (bicyclic) bond motifs is 1. The third-order valence-corrected chi connectivity index (χ3v) is 9.73. The number of unbranched alkanes of at least 4 members (excludes halogenated alkanes) is 2. The maximum absolute atomic E-state index is 14.7. The van der Waals surface area contributed by atoms with Gasteiger partial charge in [0.25, 0.3) is 5.56 Å². The van der Waals surface area contributed by atoms with Crippen LogP contribution >= 0.6 is 0 Å². The summed E-state index contributed by atoms with van der Waals surface area (Å²) in [5, 5.41) is 2.46. The number of amides is 2. The largest absolute Gasteiger partial charge is 0.497 e. The number of nitrogens with one attached hydrogen (secondary N) is 2. The standard InChI is InChI=1S/C34H47F3N4O6/c1-20-16-18-41(27(20)21(2)42)30(44)28(32(3,4)5)40-31(45)47-33(34(35,36)37)17-10-12-22(33)11-8-7-9-13-25-29(43)39-26-19-23(46-6)14-15-24(26)38-25/h14-15,19-20,22,27-28H,7-13,16-18H2,1-6H3,(H,39,43)(H,40,45)/t20-,22-,27+,28-,33-/m1/s1. The number of halogens is 3.